The average Bonchev–Trinajstić information content (AvgIpc) is 3.18. The second kappa shape index (κ2) is 5.01. The van der Waals surface area contributed by atoms with Gasteiger partial charge in [0.2, 0.25) is 12.7 Å². The van der Waals surface area contributed by atoms with Crippen molar-refractivity contribution in [3.8, 4) is 23.0 Å². The third kappa shape index (κ3) is 2.28. The number of rotatable bonds is 3. The number of nitrogens with zero attached hydrogens (tertiary/aromatic N) is 1. The van der Waals surface area contributed by atoms with Crippen LogP contribution in [0.2, 0.25) is 0 Å². The van der Waals surface area contributed by atoms with Crippen molar-refractivity contribution < 1.29 is 23.8 Å². The highest BCUT2D eigenvalue weighted by molar-refractivity contribution is 5.81. The zero-order valence-corrected chi connectivity index (χ0v) is 12.3. The summed E-state index contributed by atoms with van der Waals surface area (Å²) in [4.78, 5) is 15.6. The van der Waals surface area contributed by atoms with Gasteiger partial charge in [-0.1, -0.05) is 6.07 Å². The predicted molar refractivity (Wildman–Crippen MR) is 81.6 cm³/mol. The van der Waals surface area contributed by atoms with E-state index in [4.69, 9.17) is 19.0 Å². The molecule has 6 heteroatoms. The van der Waals surface area contributed by atoms with Crippen LogP contribution < -0.4 is 9.47 Å². The first-order chi connectivity index (χ1) is 11.1. The zero-order valence-electron chi connectivity index (χ0n) is 12.3. The van der Waals surface area contributed by atoms with Crippen molar-refractivity contribution in [1.29, 1.82) is 0 Å². The van der Waals surface area contributed by atoms with Gasteiger partial charge in [0.05, 0.1) is 5.92 Å². The highest BCUT2D eigenvalue weighted by Crippen LogP contribution is 2.36. The Morgan fingerprint density at radius 2 is 2.00 bits per heavy atom. The third-order valence-electron chi connectivity index (χ3n) is 3.90. The smallest absolute Gasteiger partial charge is 0.310 e. The first-order valence-electron chi connectivity index (χ1n) is 7.15. The number of hydrogen-bond acceptors (Lipinski definition) is 5. The van der Waals surface area contributed by atoms with Crippen LogP contribution in [0.15, 0.2) is 40.8 Å². The van der Waals surface area contributed by atoms with E-state index in [1.807, 2.05) is 18.2 Å². The Balaban J connectivity index is 1.75. The second-order valence-electron chi connectivity index (χ2n) is 5.37. The number of fused-ring (bicyclic) bond motifs is 2. The lowest BCUT2D eigenvalue weighted by molar-refractivity contribution is -0.138. The summed E-state index contributed by atoms with van der Waals surface area (Å²) in [6.07, 6.45) is 0. The molecular weight excluding hydrogens is 298 g/mol. The van der Waals surface area contributed by atoms with Crippen molar-refractivity contribution in [2.75, 3.05) is 6.79 Å². The van der Waals surface area contributed by atoms with Gasteiger partial charge in [-0.3, -0.25) is 4.79 Å². The predicted octanol–water partition coefficient (Wildman–Crippen LogP) is 3.41. The van der Waals surface area contributed by atoms with E-state index in [0.29, 0.717) is 34.1 Å². The summed E-state index contributed by atoms with van der Waals surface area (Å²) in [6, 6.07) is 10.7. The van der Waals surface area contributed by atoms with E-state index in [9.17, 15) is 4.79 Å². The molecule has 1 N–H and O–H groups in total. The number of oxazole rings is 1. The van der Waals surface area contributed by atoms with E-state index in [2.05, 4.69) is 4.98 Å². The van der Waals surface area contributed by atoms with Crippen LogP contribution in [0.25, 0.3) is 22.6 Å². The van der Waals surface area contributed by atoms with E-state index in [1.165, 1.54) is 0 Å². The molecule has 1 atom stereocenters. The Morgan fingerprint density at radius 1 is 1.17 bits per heavy atom. The number of aliphatic carboxylic acids is 1. The number of hydrogen-bond donors (Lipinski definition) is 1. The van der Waals surface area contributed by atoms with Gasteiger partial charge in [0, 0.05) is 5.56 Å². The molecule has 116 valence electrons. The maximum atomic E-state index is 11.1. The molecule has 1 aliphatic rings. The highest BCUT2D eigenvalue weighted by atomic mass is 16.7. The van der Waals surface area contributed by atoms with Crippen LogP contribution in [0, 0.1) is 0 Å². The van der Waals surface area contributed by atoms with E-state index >= 15 is 0 Å². The Labute approximate surface area is 131 Å². The van der Waals surface area contributed by atoms with Crippen LogP contribution in [-0.2, 0) is 4.79 Å². The molecule has 0 bridgehead atoms. The van der Waals surface area contributed by atoms with E-state index < -0.39 is 11.9 Å². The maximum Gasteiger partial charge on any atom is 0.310 e. The summed E-state index contributed by atoms with van der Waals surface area (Å²) in [7, 11) is 0. The monoisotopic (exact) mass is 311 g/mol. The Morgan fingerprint density at radius 3 is 2.83 bits per heavy atom. The molecule has 0 amide bonds. The fourth-order valence-corrected chi connectivity index (χ4v) is 2.51. The molecule has 4 rings (SSSR count). The molecule has 3 aromatic rings. The van der Waals surface area contributed by atoms with E-state index in [0.717, 1.165) is 5.56 Å². The van der Waals surface area contributed by atoms with Crippen LogP contribution in [0.4, 0.5) is 0 Å². The second-order valence-corrected chi connectivity index (χ2v) is 5.37. The molecule has 0 radical (unpaired) electrons. The maximum absolute atomic E-state index is 11.1. The van der Waals surface area contributed by atoms with Gasteiger partial charge in [0.25, 0.3) is 0 Å². The summed E-state index contributed by atoms with van der Waals surface area (Å²) < 4.78 is 16.4. The first kappa shape index (κ1) is 13.6. The lowest BCUT2D eigenvalue weighted by atomic mass is 10.0. The summed E-state index contributed by atoms with van der Waals surface area (Å²) in [5.41, 5.74) is 2.70. The number of carbonyl (C=O) groups is 1. The van der Waals surface area contributed by atoms with E-state index in [-0.39, 0.29) is 6.79 Å². The average molecular weight is 311 g/mol. The first-order valence-corrected chi connectivity index (χ1v) is 7.15. The standard InChI is InChI=1S/C17H13NO5/c1-9(17(19)20)10-2-4-13-12(6-10)18-16(23-13)11-3-5-14-15(7-11)22-8-21-14/h2-7,9H,8H2,1H3,(H,19,20). The minimum Gasteiger partial charge on any atom is -0.481 e. The molecule has 0 saturated carbocycles. The molecule has 2 aromatic carbocycles. The van der Waals surface area contributed by atoms with Gasteiger partial charge in [-0.05, 0) is 42.8 Å². The molecule has 2 heterocycles. The van der Waals surface area contributed by atoms with Gasteiger partial charge in [-0.25, -0.2) is 4.98 Å². The minimum atomic E-state index is -0.871. The van der Waals surface area contributed by atoms with E-state index in [1.54, 1.807) is 25.1 Å². The quantitative estimate of drug-likeness (QED) is 0.798. The van der Waals surface area contributed by atoms with Crippen LogP contribution in [0.1, 0.15) is 18.4 Å². The zero-order chi connectivity index (χ0) is 16.0. The van der Waals surface area contributed by atoms with Crippen molar-refractivity contribution in [2.45, 2.75) is 12.8 Å². The largest absolute Gasteiger partial charge is 0.481 e. The van der Waals surface area contributed by atoms with Crippen LogP contribution in [0.5, 0.6) is 11.5 Å². The van der Waals surface area contributed by atoms with Crippen molar-refractivity contribution in [3.63, 3.8) is 0 Å². The van der Waals surface area contributed by atoms with Gasteiger partial charge in [-0.2, -0.15) is 0 Å². The number of carboxylic acid groups (broad SMARTS) is 1. The summed E-state index contributed by atoms with van der Waals surface area (Å²) >= 11 is 0. The minimum absolute atomic E-state index is 0.211. The van der Waals surface area contributed by atoms with Gasteiger partial charge < -0.3 is 19.0 Å². The molecule has 1 unspecified atom stereocenters. The Kier molecular flexibility index (Phi) is 2.97. The van der Waals surface area contributed by atoms with Gasteiger partial charge in [0.1, 0.15) is 5.52 Å². The van der Waals surface area contributed by atoms with Crippen LogP contribution in [0.3, 0.4) is 0 Å². The molecule has 23 heavy (non-hydrogen) atoms. The van der Waals surface area contributed by atoms with Crippen molar-refractivity contribution in [2.24, 2.45) is 0 Å². The molecular formula is C17H13NO5. The molecule has 0 spiro atoms. The molecule has 1 aromatic heterocycles. The summed E-state index contributed by atoms with van der Waals surface area (Å²) in [5.74, 6) is 0.347. The van der Waals surface area contributed by atoms with Gasteiger partial charge in [0.15, 0.2) is 17.1 Å². The third-order valence-corrected chi connectivity index (χ3v) is 3.90. The number of ether oxygens (including phenoxy) is 2. The van der Waals surface area contributed by atoms with Crippen molar-refractivity contribution in [1.82, 2.24) is 4.98 Å². The molecule has 0 saturated heterocycles. The molecule has 0 aliphatic carbocycles. The highest BCUT2D eigenvalue weighted by Gasteiger charge is 2.18. The normalized spacial score (nSPS) is 14.1. The Bertz CT molecular complexity index is 914. The fourth-order valence-electron chi connectivity index (χ4n) is 2.51. The summed E-state index contributed by atoms with van der Waals surface area (Å²) in [6.45, 7) is 1.85. The van der Waals surface area contributed by atoms with Crippen molar-refractivity contribution in [3.05, 3.63) is 42.0 Å². The fraction of sp³-hybridized carbons (Fsp3) is 0.176. The lowest BCUT2D eigenvalue weighted by Crippen LogP contribution is -2.06. The number of benzene rings is 2. The van der Waals surface area contributed by atoms with Crippen molar-refractivity contribution >= 4 is 17.1 Å². The van der Waals surface area contributed by atoms with Crippen LogP contribution in [-0.4, -0.2) is 22.9 Å². The van der Waals surface area contributed by atoms with Gasteiger partial charge >= 0.3 is 5.97 Å². The SMILES string of the molecule is CC(C(=O)O)c1ccc2oc(-c3ccc4c(c3)OCO4)nc2c1. The lowest BCUT2D eigenvalue weighted by Gasteiger charge is -2.04. The molecule has 6 nitrogen and oxygen atoms in total. The van der Waals surface area contributed by atoms with Gasteiger partial charge in [-0.15, -0.1) is 0 Å². The summed E-state index contributed by atoms with van der Waals surface area (Å²) in [5, 5.41) is 9.11. The number of aromatic nitrogens is 1. The molecule has 0 fully saturated rings. The van der Waals surface area contributed by atoms with Crippen LogP contribution >= 0.6 is 0 Å². The molecule has 1 aliphatic heterocycles. The number of carboxylic acids is 1. The Hall–Kier alpha value is -3.02. The topological polar surface area (TPSA) is 81.8 Å².